The smallest absolute Gasteiger partial charge is 0.342 e. The van der Waals surface area contributed by atoms with E-state index < -0.39 is 17.8 Å². The summed E-state index contributed by atoms with van der Waals surface area (Å²) in [4.78, 5) is 46.0. The number of primary amides is 1. The first-order valence-corrected chi connectivity index (χ1v) is 11.2. The van der Waals surface area contributed by atoms with Crippen LogP contribution in [-0.2, 0) is 9.53 Å². The number of hydrogen-bond donors (Lipinski definition) is 2. The highest BCUT2D eigenvalue weighted by molar-refractivity contribution is 8.00. The molecule has 0 aliphatic heterocycles. The number of ether oxygens (including phenoxy) is 1. The molecule has 4 aromatic rings. The van der Waals surface area contributed by atoms with E-state index >= 15 is 0 Å². The Morgan fingerprint density at radius 1 is 1.12 bits per heavy atom. The molecule has 11 heteroatoms. The van der Waals surface area contributed by atoms with Gasteiger partial charge in [-0.1, -0.05) is 30.0 Å². The molecule has 0 bridgehead atoms. The molecule has 0 atom stereocenters. The number of anilines is 1. The van der Waals surface area contributed by atoms with E-state index in [1.54, 1.807) is 19.1 Å². The third-order valence-corrected chi connectivity index (χ3v) is 5.70. The molecule has 0 spiro atoms. The van der Waals surface area contributed by atoms with Gasteiger partial charge < -0.3 is 19.3 Å². The third-order valence-electron chi connectivity index (χ3n) is 4.71. The Morgan fingerprint density at radius 2 is 1.91 bits per heavy atom. The number of fused-ring (bicyclic) bond motifs is 1. The number of amides is 2. The number of furan rings is 2. The van der Waals surface area contributed by atoms with Crippen LogP contribution < -0.4 is 11.1 Å². The van der Waals surface area contributed by atoms with Crippen LogP contribution in [0.15, 0.2) is 56.5 Å². The van der Waals surface area contributed by atoms with Crippen LogP contribution in [0.5, 0.6) is 0 Å². The fourth-order valence-corrected chi connectivity index (χ4v) is 4.11. The van der Waals surface area contributed by atoms with Gasteiger partial charge in [-0.15, -0.1) is 0 Å². The number of nitrogens with two attached hydrogens (primary N) is 1. The number of hydrogen-bond acceptors (Lipinski definition) is 9. The van der Waals surface area contributed by atoms with Gasteiger partial charge in [0.1, 0.15) is 21.9 Å². The van der Waals surface area contributed by atoms with Crippen molar-refractivity contribution < 1.29 is 28.0 Å². The first kappa shape index (κ1) is 23.1. The summed E-state index contributed by atoms with van der Waals surface area (Å²) >= 11 is 1.17. The van der Waals surface area contributed by atoms with E-state index in [-0.39, 0.29) is 35.1 Å². The first-order chi connectivity index (χ1) is 16.4. The molecule has 0 aliphatic carbocycles. The summed E-state index contributed by atoms with van der Waals surface area (Å²) in [5.74, 6) is -1.44. The normalized spacial score (nSPS) is 10.9. The van der Waals surface area contributed by atoms with Gasteiger partial charge in [0.2, 0.25) is 11.8 Å². The van der Waals surface area contributed by atoms with E-state index in [0.29, 0.717) is 22.1 Å². The molecular weight excluding hydrogens is 460 g/mol. The Hall–Kier alpha value is -4.12. The number of aromatic nitrogens is 2. The van der Waals surface area contributed by atoms with E-state index in [4.69, 9.17) is 19.3 Å². The lowest BCUT2D eigenvalue weighted by Crippen LogP contribution is -2.21. The quantitative estimate of drug-likeness (QED) is 0.218. The standard InChI is InChI=1S/C23H20N4O6S/c1-3-31-23(30)17-12(2)33-21(18(17)19(24)29)26-16(28)11-34-22-13-7-4-5-8-14(13)25-20(27-22)15-9-6-10-32-15/h4-10H,3,11H2,1-2H3,(H2,24,29)(H,26,28). The Morgan fingerprint density at radius 3 is 2.62 bits per heavy atom. The molecule has 174 valence electrons. The molecule has 0 fully saturated rings. The molecule has 1 aromatic carbocycles. The van der Waals surface area contributed by atoms with Crippen LogP contribution in [0, 0.1) is 6.92 Å². The Balaban J connectivity index is 1.57. The maximum Gasteiger partial charge on any atom is 0.342 e. The van der Waals surface area contributed by atoms with Gasteiger partial charge in [0, 0.05) is 5.39 Å². The van der Waals surface area contributed by atoms with Crippen LogP contribution in [0.3, 0.4) is 0 Å². The molecule has 10 nitrogen and oxygen atoms in total. The highest BCUT2D eigenvalue weighted by Crippen LogP contribution is 2.30. The topological polar surface area (TPSA) is 151 Å². The zero-order valence-corrected chi connectivity index (χ0v) is 19.1. The summed E-state index contributed by atoms with van der Waals surface area (Å²) in [6.45, 7) is 3.21. The predicted molar refractivity (Wildman–Crippen MR) is 125 cm³/mol. The lowest BCUT2D eigenvalue weighted by atomic mass is 10.1. The predicted octanol–water partition coefficient (Wildman–Crippen LogP) is 3.80. The van der Waals surface area contributed by atoms with Gasteiger partial charge in [0.15, 0.2) is 11.6 Å². The molecule has 0 unspecified atom stereocenters. The minimum Gasteiger partial charge on any atom is -0.462 e. The van der Waals surface area contributed by atoms with Crippen molar-refractivity contribution in [3.8, 4) is 11.6 Å². The number of carbonyl (C=O) groups is 3. The maximum atomic E-state index is 12.7. The maximum absolute atomic E-state index is 12.7. The number of thioether (sulfide) groups is 1. The SMILES string of the molecule is CCOC(=O)c1c(C)oc(NC(=O)CSc2nc(-c3ccco3)nc3ccccc23)c1C(N)=O. The van der Waals surface area contributed by atoms with Crippen molar-refractivity contribution in [1.82, 2.24) is 9.97 Å². The monoisotopic (exact) mass is 480 g/mol. The average molecular weight is 481 g/mol. The Labute approximate surface area is 197 Å². The van der Waals surface area contributed by atoms with Crippen LogP contribution in [0.25, 0.3) is 22.5 Å². The molecule has 0 saturated carbocycles. The first-order valence-electron chi connectivity index (χ1n) is 10.2. The summed E-state index contributed by atoms with van der Waals surface area (Å²) in [6, 6.07) is 10.9. The molecule has 4 rings (SSSR count). The lowest BCUT2D eigenvalue weighted by Gasteiger charge is -2.08. The minimum atomic E-state index is -0.923. The number of rotatable bonds is 8. The second kappa shape index (κ2) is 9.79. The largest absolute Gasteiger partial charge is 0.462 e. The van der Waals surface area contributed by atoms with Gasteiger partial charge in [-0.2, -0.15) is 0 Å². The van der Waals surface area contributed by atoms with Crippen LogP contribution >= 0.6 is 11.8 Å². The van der Waals surface area contributed by atoms with Crippen molar-refractivity contribution >= 4 is 46.3 Å². The second-order valence-electron chi connectivity index (χ2n) is 7.01. The zero-order valence-electron chi connectivity index (χ0n) is 18.3. The van der Waals surface area contributed by atoms with E-state index in [1.807, 2.05) is 24.3 Å². The molecule has 3 N–H and O–H groups in total. The number of para-hydroxylation sites is 1. The summed E-state index contributed by atoms with van der Waals surface area (Å²) in [5, 5.41) is 3.86. The summed E-state index contributed by atoms with van der Waals surface area (Å²) in [7, 11) is 0. The van der Waals surface area contributed by atoms with E-state index in [2.05, 4.69) is 15.3 Å². The fraction of sp³-hybridized carbons (Fsp3) is 0.174. The van der Waals surface area contributed by atoms with Crippen molar-refractivity contribution in [2.45, 2.75) is 18.9 Å². The summed E-state index contributed by atoms with van der Waals surface area (Å²) in [6.07, 6.45) is 1.53. The van der Waals surface area contributed by atoms with Crippen molar-refractivity contribution in [2.75, 3.05) is 17.7 Å². The highest BCUT2D eigenvalue weighted by Gasteiger charge is 2.29. The Kier molecular flexibility index (Phi) is 6.64. The molecule has 34 heavy (non-hydrogen) atoms. The van der Waals surface area contributed by atoms with Crippen LogP contribution in [0.2, 0.25) is 0 Å². The number of benzene rings is 1. The number of nitrogens with zero attached hydrogens (tertiary/aromatic N) is 2. The van der Waals surface area contributed by atoms with Crippen molar-refractivity contribution in [3.05, 3.63) is 59.5 Å². The van der Waals surface area contributed by atoms with Crippen molar-refractivity contribution in [1.29, 1.82) is 0 Å². The van der Waals surface area contributed by atoms with E-state index in [0.717, 1.165) is 5.39 Å². The molecule has 0 saturated heterocycles. The molecule has 2 amide bonds. The molecule has 3 aromatic heterocycles. The average Bonchev–Trinajstić information content (AvgIpc) is 3.45. The van der Waals surface area contributed by atoms with E-state index in [9.17, 15) is 14.4 Å². The number of carbonyl (C=O) groups excluding carboxylic acids is 3. The van der Waals surface area contributed by atoms with Gasteiger partial charge in [0.25, 0.3) is 5.91 Å². The molecule has 0 aliphatic rings. The third kappa shape index (κ3) is 4.64. The van der Waals surface area contributed by atoms with Gasteiger partial charge in [0.05, 0.1) is 24.1 Å². The van der Waals surface area contributed by atoms with Gasteiger partial charge in [-0.25, -0.2) is 14.8 Å². The van der Waals surface area contributed by atoms with Gasteiger partial charge >= 0.3 is 5.97 Å². The fourth-order valence-electron chi connectivity index (χ4n) is 3.29. The number of nitrogens with one attached hydrogen (secondary N) is 1. The van der Waals surface area contributed by atoms with Crippen molar-refractivity contribution in [2.24, 2.45) is 5.73 Å². The second-order valence-corrected chi connectivity index (χ2v) is 7.97. The minimum absolute atomic E-state index is 0.0642. The zero-order chi connectivity index (χ0) is 24.2. The lowest BCUT2D eigenvalue weighted by molar-refractivity contribution is -0.113. The molecule has 0 radical (unpaired) electrons. The number of aryl methyl sites for hydroxylation is 1. The van der Waals surface area contributed by atoms with Crippen LogP contribution in [0.4, 0.5) is 5.88 Å². The highest BCUT2D eigenvalue weighted by atomic mass is 32.2. The Bertz CT molecular complexity index is 1380. The molecular formula is C23H20N4O6S. The van der Waals surface area contributed by atoms with Gasteiger partial charge in [-0.3, -0.25) is 14.9 Å². The van der Waals surface area contributed by atoms with Crippen LogP contribution in [0.1, 0.15) is 33.4 Å². The summed E-state index contributed by atoms with van der Waals surface area (Å²) in [5.41, 5.74) is 5.79. The van der Waals surface area contributed by atoms with Crippen LogP contribution in [-0.4, -0.2) is 40.1 Å². The summed E-state index contributed by atoms with van der Waals surface area (Å²) < 4.78 is 15.8. The van der Waals surface area contributed by atoms with E-state index in [1.165, 1.54) is 24.9 Å². The van der Waals surface area contributed by atoms with Crippen molar-refractivity contribution in [3.63, 3.8) is 0 Å². The molecule has 3 heterocycles. The number of esters is 1. The van der Waals surface area contributed by atoms with Gasteiger partial charge in [-0.05, 0) is 32.0 Å².